The van der Waals surface area contributed by atoms with Crippen LogP contribution in [0.3, 0.4) is 0 Å². The van der Waals surface area contributed by atoms with Crippen LogP contribution in [0.15, 0.2) is 18.2 Å². The molecule has 4 heteroatoms. The Labute approximate surface area is 115 Å². The van der Waals surface area contributed by atoms with Gasteiger partial charge in [-0.25, -0.2) is 4.79 Å². The Morgan fingerprint density at radius 3 is 2.82 bits per heavy atom. The number of rotatable bonds is 2. The predicted octanol–water partition coefficient (Wildman–Crippen LogP) is 3.01. The Morgan fingerprint density at radius 1 is 1.53 bits per heavy atom. The van der Waals surface area contributed by atoms with Gasteiger partial charge in [-0.3, -0.25) is 0 Å². The minimum atomic E-state index is -0.443. The molecule has 0 aromatic heterocycles. The van der Waals surface area contributed by atoms with Crippen LogP contribution < -0.4 is 11.1 Å². The smallest absolute Gasteiger partial charge is 0.312 e. The second-order valence-corrected chi connectivity index (χ2v) is 7.68. The average molecular weight is 344 g/mol. The number of halogens is 1. The third kappa shape index (κ3) is 2.73. The molecule has 0 saturated carbocycles. The number of hydrogen-bond acceptors (Lipinski definition) is 1. The fourth-order valence-corrected chi connectivity index (χ4v) is 2.64. The lowest BCUT2D eigenvalue weighted by atomic mass is 9.98. The summed E-state index contributed by atoms with van der Waals surface area (Å²) in [6.07, 6.45) is 1.96. The fraction of sp³-hybridized carbons (Fsp3) is 0.462. The molecule has 0 aliphatic heterocycles. The van der Waals surface area contributed by atoms with Gasteiger partial charge >= 0.3 is 6.03 Å². The van der Waals surface area contributed by atoms with Gasteiger partial charge in [-0.1, -0.05) is 40.8 Å². The third-order valence-electron chi connectivity index (χ3n) is 3.22. The van der Waals surface area contributed by atoms with Gasteiger partial charge in [0.25, 0.3) is 0 Å². The van der Waals surface area contributed by atoms with Gasteiger partial charge < -0.3 is 11.1 Å². The summed E-state index contributed by atoms with van der Waals surface area (Å²) >= 11 is 2.44. The van der Waals surface area contributed by atoms with E-state index in [0.29, 0.717) is 0 Å². The lowest BCUT2D eigenvalue weighted by Crippen LogP contribution is -2.32. The number of primary amides is 1. The number of amides is 2. The molecule has 1 atom stereocenters. The molecule has 1 aliphatic carbocycles. The first-order chi connectivity index (χ1) is 7.88. The summed E-state index contributed by atoms with van der Waals surface area (Å²) < 4.78 is 0.141. The predicted molar refractivity (Wildman–Crippen MR) is 77.3 cm³/mol. The van der Waals surface area contributed by atoms with Gasteiger partial charge in [0.05, 0.1) is 6.04 Å². The standard InChI is InChI=1S/C13H17IN2O/c1-13(2,14)9-4-5-10-8(7-9)3-6-11(10)16-12(15)17/h4-5,7,11H,3,6H2,1-2H3,(H3,15,16,17)/t11-/m1/s1. The summed E-state index contributed by atoms with van der Waals surface area (Å²) in [5.41, 5.74) is 9.06. The van der Waals surface area contributed by atoms with Gasteiger partial charge in [0, 0.05) is 3.42 Å². The third-order valence-corrected chi connectivity index (χ3v) is 3.85. The van der Waals surface area contributed by atoms with Crippen molar-refractivity contribution in [3.63, 3.8) is 0 Å². The Balaban J connectivity index is 2.29. The number of urea groups is 1. The molecule has 0 bridgehead atoms. The van der Waals surface area contributed by atoms with Crippen molar-refractivity contribution < 1.29 is 4.79 Å². The maximum absolute atomic E-state index is 10.9. The first-order valence-corrected chi connectivity index (χ1v) is 6.84. The van der Waals surface area contributed by atoms with Crippen LogP contribution >= 0.6 is 22.6 Å². The van der Waals surface area contributed by atoms with E-state index in [2.05, 4.69) is 60.0 Å². The van der Waals surface area contributed by atoms with Crippen LogP contribution in [0, 0.1) is 0 Å². The number of nitrogens with one attached hydrogen (secondary N) is 1. The van der Waals surface area contributed by atoms with Crippen LogP contribution in [0.25, 0.3) is 0 Å². The van der Waals surface area contributed by atoms with Crippen molar-refractivity contribution in [3.8, 4) is 0 Å². The number of alkyl halides is 1. The summed E-state index contributed by atoms with van der Waals surface area (Å²) in [5, 5.41) is 2.79. The molecule has 0 unspecified atom stereocenters. The molecule has 0 radical (unpaired) electrons. The molecule has 92 valence electrons. The van der Waals surface area contributed by atoms with E-state index in [-0.39, 0.29) is 9.46 Å². The van der Waals surface area contributed by atoms with E-state index in [4.69, 9.17) is 5.73 Å². The van der Waals surface area contributed by atoms with E-state index in [0.717, 1.165) is 12.8 Å². The van der Waals surface area contributed by atoms with E-state index in [1.165, 1.54) is 16.7 Å². The van der Waals surface area contributed by atoms with E-state index < -0.39 is 6.03 Å². The minimum absolute atomic E-state index is 0.0915. The minimum Gasteiger partial charge on any atom is -0.352 e. The summed E-state index contributed by atoms with van der Waals surface area (Å²) in [6.45, 7) is 4.40. The normalized spacial score (nSPS) is 18.9. The Hall–Kier alpha value is -0.780. The van der Waals surface area contributed by atoms with Crippen molar-refractivity contribution in [1.29, 1.82) is 0 Å². The van der Waals surface area contributed by atoms with E-state index in [1.807, 2.05) is 0 Å². The molecule has 1 aliphatic rings. The molecule has 1 aromatic carbocycles. The lowest BCUT2D eigenvalue weighted by Gasteiger charge is -2.19. The van der Waals surface area contributed by atoms with Crippen LogP contribution in [0.4, 0.5) is 4.79 Å². The van der Waals surface area contributed by atoms with E-state index in [9.17, 15) is 4.79 Å². The topological polar surface area (TPSA) is 55.1 Å². The maximum Gasteiger partial charge on any atom is 0.312 e. The highest BCUT2D eigenvalue weighted by molar-refractivity contribution is 14.1. The zero-order chi connectivity index (χ0) is 12.6. The van der Waals surface area contributed by atoms with Crippen LogP contribution in [0.5, 0.6) is 0 Å². The molecule has 0 heterocycles. The average Bonchev–Trinajstić information content (AvgIpc) is 2.59. The van der Waals surface area contributed by atoms with Gasteiger partial charge in [-0.2, -0.15) is 0 Å². The molecule has 1 aromatic rings. The lowest BCUT2D eigenvalue weighted by molar-refractivity contribution is 0.245. The summed E-state index contributed by atoms with van der Waals surface area (Å²) in [4.78, 5) is 10.9. The number of carbonyl (C=O) groups excluding carboxylic acids is 1. The molecule has 2 amide bonds. The summed E-state index contributed by atoms with van der Waals surface area (Å²) in [6, 6.07) is 6.17. The molecule has 0 spiro atoms. The zero-order valence-electron chi connectivity index (χ0n) is 10.1. The fourth-order valence-electron chi connectivity index (χ4n) is 2.31. The van der Waals surface area contributed by atoms with Gasteiger partial charge in [-0.15, -0.1) is 0 Å². The second kappa shape index (κ2) is 4.48. The number of benzene rings is 1. The van der Waals surface area contributed by atoms with Crippen molar-refractivity contribution >= 4 is 28.6 Å². The van der Waals surface area contributed by atoms with Crippen molar-refractivity contribution in [2.45, 2.75) is 36.2 Å². The van der Waals surface area contributed by atoms with Crippen molar-refractivity contribution in [3.05, 3.63) is 34.9 Å². The van der Waals surface area contributed by atoms with Gasteiger partial charge in [0.2, 0.25) is 0 Å². The van der Waals surface area contributed by atoms with E-state index >= 15 is 0 Å². The molecular weight excluding hydrogens is 327 g/mol. The van der Waals surface area contributed by atoms with Crippen LogP contribution in [-0.4, -0.2) is 6.03 Å². The van der Waals surface area contributed by atoms with Crippen LogP contribution in [0.2, 0.25) is 0 Å². The molecule has 0 saturated heterocycles. The Bertz CT molecular complexity index is 451. The van der Waals surface area contributed by atoms with Crippen molar-refractivity contribution in [2.24, 2.45) is 5.73 Å². The molecular formula is C13H17IN2O. The van der Waals surface area contributed by atoms with Crippen LogP contribution in [-0.2, 0) is 9.84 Å². The number of aryl methyl sites for hydroxylation is 1. The number of fused-ring (bicyclic) bond motifs is 1. The Morgan fingerprint density at radius 2 is 2.24 bits per heavy atom. The van der Waals surface area contributed by atoms with Crippen molar-refractivity contribution in [2.75, 3.05) is 0 Å². The molecule has 2 rings (SSSR count). The largest absolute Gasteiger partial charge is 0.352 e. The first-order valence-electron chi connectivity index (χ1n) is 5.76. The van der Waals surface area contributed by atoms with Crippen LogP contribution in [0.1, 0.15) is 43.0 Å². The highest BCUT2D eigenvalue weighted by Gasteiger charge is 2.25. The second-order valence-electron chi connectivity index (χ2n) is 4.99. The molecule has 17 heavy (non-hydrogen) atoms. The van der Waals surface area contributed by atoms with Crippen molar-refractivity contribution in [1.82, 2.24) is 5.32 Å². The van der Waals surface area contributed by atoms with Gasteiger partial charge in [0.1, 0.15) is 0 Å². The zero-order valence-corrected chi connectivity index (χ0v) is 12.2. The molecule has 3 nitrogen and oxygen atoms in total. The Kier molecular flexibility index (Phi) is 3.34. The van der Waals surface area contributed by atoms with E-state index in [1.54, 1.807) is 0 Å². The summed E-state index contributed by atoms with van der Waals surface area (Å²) in [5.74, 6) is 0. The van der Waals surface area contributed by atoms with Gasteiger partial charge in [-0.05, 0) is 43.4 Å². The quantitative estimate of drug-likeness (QED) is 0.629. The highest BCUT2D eigenvalue weighted by atomic mass is 127. The monoisotopic (exact) mass is 344 g/mol. The molecule has 0 fully saturated rings. The molecule has 3 N–H and O–H groups in total. The first kappa shape index (κ1) is 12.7. The maximum atomic E-state index is 10.9. The van der Waals surface area contributed by atoms with Gasteiger partial charge in [0.15, 0.2) is 0 Å². The SMILES string of the molecule is CC(C)(I)c1ccc2c(c1)CC[C@H]2NC(N)=O. The number of carbonyl (C=O) groups is 1. The number of nitrogens with two attached hydrogens (primary N) is 1. The summed E-state index contributed by atoms with van der Waals surface area (Å²) in [7, 11) is 0. The highest BCUT2D eigenvalue weighted by Crippen LogP contribution is 2.37. The number of hydrogen-bond donors (Lipinski definition) is 2.